The molecule has 0 amide bonds. The topological polar surface area (TPSA) is 86.6 Å². The minimum atomic E-state index is -1.11. The van der Waals surface area contributed by atoms with Gasteiger partial charge in [-0.25, -0.2) is 4.98 Å². The summed E-state index contributed by atoms with van der Waals surface area (Å²) in [5.41, 5.74) is 1.18. The Bertz CT molecular complexity index is 980. The van der Waals surface area contributed by atoms with Gasteiger partial charge in [0.1, 0.15) is 5.82 Å². The van der Waals surface area contributed by atoms with E-state index in [0.717, 1.165) is 25.7 Å². The summed E-state index contributed by atoms with van der Waals surface area (Å²) < 4.78 is 0. The van der Waals surface area contributed by atoms with Gasteiger partial charge in [0, 0.05) is 5.02 Å². The largest absolute Gasteiger partial charge is 0.308 e. The number of carbonyl (C=O) groups excluding carboxylic acids is 1. The lowest BCUT2D eigenvalue weighted by Gasteiger charge is -2.09. The number of halogens is 1. The molecule has 1 aromatic heterocycles. The third kappa shape index (κ3) is 3.22. The summed E-state index contributed by atoms with van der Waals surface area (Å²) in [4.78, 5) is 31.8. The fourth-order valence-corrected chi connectivity index (χ4v) is 3.34. The lowest BCUT2D eigenvalue weighted by molar-refractivity contribution is -0.115. The van der Waals surface area contributed by atoms with E-state index in [1.807, 2.05) is 6.07 Å². The molecule has 0 saturated heterocycles. The molecule has 2 saturated carbocycles. The number of allylic oxidation sites excluding steroid dienone is 2. The van der Waals surface area contributed by atoms with Gasteiger partial charge >= 0.3 is 0 Å². The van der Waals surface area contributed by atoms with Crippen molar-refractivity contribution in [2.24, 2.45) is 11.8 Å². The first-order valence-corrected chi connectivity index (χ1v) is 8.79. The number of nitriles is 1. The molecule has 1 atom stereocenters. The lowest BCUT2D eigenvalue weighted by Crippen LogP contribution is -2.19. The molecule has 1 heterocycles. The van der Waals surface area contributed by atoms with Crippen molar-refractivity contribution in [3.63, 3.8) is 0 Å². The van der Waals surface area contributed by atoms with Crippen LogP contribution in [0.25, 0.3) is 10.9 Å². The molecule has 0 unspecified atom stereocenters. The lowest BCUT2D eigenvalue weighted by atomic mass is 9.98. The van der Waals surface area contributed by atoms with Crippen molar-refractivity contribution in [1.29, 1.82) is 5.26 Å². The predicted octanol–water partition coefficient (Wildman–Crippen LogP) is 3.50. The summed E-state index contributed by atoms with van der Waals surface area (Å²) in [6, 6.07) is 6.73. The van der Waals surface area contributed by atoms with Crippen LogP contribution in [0.2, 0.25) is 5.02 Å². The molecule has 1 aromatic carbocycles. The quantitative estimate of drug-likeness (QED) is 0.833. The van der Waals surface area contributed by atoms with E-state index in [2.05, 4.69) is 9.97 Å². The zero-order valence-corrected chi connectivity index (χ0v) is 14.2. The average molecular weight is 354 g/mol. The number of nitrogens with zero attached hydrogens (tertiary/aromatic N) is 2. The Morgan fingerprint density at radius 1 is 1.32 bits per heavy atom. The van der Waals surface area contributed by atoms with E-state index >= 15 is 0 Å². The van der Waals surface area contributed by atoms with E-state index in [1.165, 1.54) is 5.57 Å². The minimum Gasteiger partial charge on any atom is -0.308 e. The Balaban J connectivity index is 1.72. The van der Waals surface area contributed by atoms with Gasteiger partial charge in [0.2, 0.25) is 0 Å². The number of H-pyrrole nitrogens is 1. The van der Waals surface area contributed by atoms with Crippen molar-refractivity contribution in [1.82, 2.24) is 9.97 Å². The third-order valence-corrected chi connectivity index (χ3v) is 5.02. The van der Waals surface area contributed by atoms with Crippen LogP contribution in [0.15, 0.2) is 34.6 Å². The second-order valence-corrected chi connectivity index (χ2v) is 7.21. The second-order valence-electron chi connectivity index (χ2n) is 6.77. The van der Waals surface area contributed by atoms with Crippen LogP contribution in [-0.4, -0.2) is 15.8 Å². The minimum absolute atomic E-state index is 0.0782. The molecule has 1 N–H and O–H groups in total. The summed E-state index contributed by atoms with van der Waals surface area (Å²) in [6.07, 6.45) is 6.12. The van der Waals surface area contributed by atoms with Crippen LogP contribution in [-0.2, 0) is 4.79 Å². The van der Waals surface area contributed by atoms with Gasteiger partial charge in [-0.15, -0.1) is 0 Å². The summed E-state index contributed by atoms with van der Waals surface area (Å²) in [5, 5.41) is 10.3. The number of carbonyl (C=O) groups is 1. The Labute approximate surface area is 149 Å². The highest BCUT2D eigenvalue weighted by molar-refractivity contribution is 6.31. The molecule has 126 valence electrons. The summed E-state index contributed by atoms with van der Waals surface area (Å²) in [5.74, 6) is -0.338. The molecule has 2 aromatic rings. The van der Waals surface area contributed by atoms with Crippen LogP contribution in [0.3, 0.4) is 0 Å². The number of rotatable bonds is 5. The van der Waals surface area contributed by atoms with Gasteiger partial charge in [0.05, 0.1) is 17.0 Å². The van der Waals surface area contributed by atoms with Crippen LogP contribution >= 0.6 is 11.6 Å². The molecule has 25 heavy (non-hydrogen) atoms. The molecule has 2 aliphatic rings. The maximum Gasteiger partial charge on any atom is 0.258 e. The smallest absolute Gasteiger partial charge is 0.258 e. The number of nitrogens with one attached hydrogen (secondary N) is 1. The number of aromatic amines is 1. The Hall–Kier alpha value is -2.45. The van der Waals surface area contributed by atoms with Crippen molar-refractivity contribution in [3.05, 3.63) is 51.0 Å². The van der Waals surface area contributed by atoms with E-state index < -0.39 is 5.92 Å². The number of fused-ring (bicyclic) bond motifs is 1. The Morgan fingerprint density at radius 2 is 2.00 bits per heavy atom. The van der Waals surface area contributed by atoms with Crippen LogP contribution < -0.4 is 5.56 Å². The highest BCUT2D eigenvalue weighted by atomic mass is 35.5. The van der Waals surface area contributed by atoms with Gasteiger partial charge in [-0.3, -0.25) is 9.59 Å². The van der Waals surface area contributed by atoms with Crippen molar-refractivity contribution in [3.8, 4) is 6.07 Å². The SMILES string of the molecule is N#C[C@H](C(=O)C=C(C1CC1)C1CC1)c1nc2cc(Cl)ccc2c(=O)[nH]1. The fraction of sp³-hybridized carbons (Fsp3) is 0.368. The number of hydrogen-bond donors (Lipinski definition) is 1. The highest BCUT2D eigenvalue weighted by Gasteiger charge is 2.37. The van der Waals surface area contributed by atoms with Gasteiger partial charge in [0.15, 0.2) is 11.7 Å². The first-order valence-electron chi connectivity index (χ1n) is 8.41. The van der Waals surface area contributed by atoms with Crippen LogP contribution in [0.5, 0.6) is 0 Å². The van der Waals surface area contributed by atoms with Crippen molar-refractivity contribution < 1.29 is 4.79 Å². The van der Waals surface area contributed by atoms with Gasteiger partial charge in [-0.1, -0.05) is 17.2 Å². The maximum absolute atomic E-state index is 12.7. The summed E-state index contributed by atoms with van der Waals surface area (Å²) >= 11 is 5.96. The first-order chi connectivity index (χ1) is 12.1. The molecule has 0 bridgehead atoms. The zero-order chi connectivity index (χ0) is 17.6. The third-order valence-electron chi connectivity index (χ3n) is 4.78. The molecular formula is C19H16ClN3O2. The molecule has 0 aliphatic heterocycles. The number of aromatic nitrogens is 2. The summed E-state index contributed by atoms with van der Waals surface area (Å²) in [6.45, 7) is 0. The normalized spacial score (nSPS) is 17.8. The standard InChI is InChI=1S/C19H16ClN3O2/c20-12-5-6-13-16(7-12)22-18(23-19(13)25)15(9-21)17(24)8-14(10-1-2-10)11-3-4-11/h5-8,10-11,15H,1-4H2,(H,22,23,25)/t15-/m1/s1. The number of ketones is 1. The fourth-order valence-electron chi connectivity index (χ4n) is 3.18. The molecule has 0 radical (unpaired) electrons. The van der Waals surface area contributed by atoms with E-state index in [0.29, 0.717) is 27.8 Å². The molecule has 5 nitrogen and oxygen atoms in total. The molecule has 2 fully saturated rings. The highest BCUT2D eigenvalue weighted by Crippen LogP contribution is 2.48. The zero-order valence-electron chi connectivity index (χ0n) is 13.5. The van der Waals surface area contributed by atoms with Crippen LogP contribution in [0.1, 0.15) is 37.4 Å². The molecule has 6 heteroatoms. The van der Waals surface area contributed by atoms with Crippen molar-refractivity contribution in [2.45, 2.75) is 31.6 Å². The van der Waals surface area contributed by atoms with E-state index in [1.54, 1.807) is 24.3 Å². The summed E-state index contributed by atoms with van der Waals surface area (Å²) in [7, 11) is 0. The first kappa shape index (κ1) is 16.0. The van der Waals surface area contributed by atoms with E-state index in [9.17, 15) is 14.9 Å². The number of hydrogen-bond acceptors (Lipinski definition) is 4. The maximum atomic E-state index is 12.7. The molecular weight excluding hydrogens is 338 g/mol. The van der Waals surface area contributed by atoms with Crippen LogP contribution in [0.4, 0.5) is 0 Å². The van der Waals surface area contributed by atoms with Crippen LogP contribution in [0, 0.1) is 23.2 Å². The molecule has 0 spiro atoms. The molecule has 4 rings (SSSR count). The van der Waals surface area contributed by atoms with Gasteiger partial charge < -0.3 is 4.98 Å². The van der Waals surface area contributed by atoms with E-state index in [4.69, 9.17) is 11.6 Å². The van der Waals surface area contributed by atoms with Gasteiger partial charge in [0.25, 0.3) is 5.56 Å². The Kier molecular flexibility index (Phi) is 3.93. The van der Waals surface area contributed by atoms with Crippen molar-refractivity contribution >= 4 is 28.3 Å². The van der Waals surface area contributed by atoms with Gasteiger partial charge in [-0.2, -0.15) is 5.26 Å². The van der Waals surface area contributed by atoms with Gasteiger partial charge in [-0.05, 0) is 61.8 Å². The van der Waals surface area contributed by atoms with Crippen molar-refractivity contribution in [2.75, 3.05) is 0 Å². The Morgan fingerprint density at radius 3 is 2.60 bits per heavy atom. The van der Waals surface area contributed by atoms with E-state index in [-0.39, 0.29) is 17.2 Å². The second kappa shape index (κ2) is 6.12. The average Bonchev–Trinajstić information content (AvgIpc) is 3.47. The number of benzene rings is 1. The predicted molar refractivity (Wildman–Crippen MR) is 94.3 cm³/mol. The molecule has 2 aliphatic carbocycles. The monoisotopic (exact) mass is 353 g/mol.